The first-order chi connectivity index (χ1) is 7.59. The van der Waals surface area contributed by atoms with Crippen molar-refractivity contribution < 1.29 is 9.31 Å². The van der Waals surface area contributed by atoms with Gasteiger partial charge in [-0.2, -0.15) is 0 Å². The molecule has 0 spiro atoms. The van der Waals surface area contributed by atoms with Crippen molar-refractivity contribution >= 4 is 5.69 Å². The number of non-ortho nitro benzene ring substituents is 1. The molecule has 1 saturated carbocycles. The molecule has 2 rings (SSSR count). The largest absolute Gasteiger partial charge is 0.330 e. The van der Waals surface area contributed by atoms with E-state index in [0.717, 1.165) is 25.3 Å². The summed E-state index contributed by atoms with van der Waals surface area (Å²) in [6.07, 6.45) is 2.61. The van der Waals surface area contributed by atoms with E-state index in [1.807, 2.05) is 0 Å². The highest BCUT2D eigenvalue weighted by atomic mass is 19.1. The fourth-order valence-electron chi connectivity index (χ4n) is 2.22. The molecule has 5 heteroatoms. The van der Waals surface area contributed by atoms with E-state index in [1.54, 1.807) is 0 Å². The number of nitro benzene ring substituents is 1. The molecule has 86 valence electrons. The Balaban J connectivity index is 2.46. The molecule has 0 aliphatic heterocycles. The summed E-state index contributed by atoms with van der Waals surface area (Å²) in [6.45, 7) is 0.338. The number of nitro groups is 1. The van der Waals surface area contributed by atoms with Crippen molar-refractivity contribution in [3.8, 4) is 0 Å². The van der Waals surface area contributed by atoms with E-state index in [4.69, 9.17) is 5.73 Å². The van der Waals surface area contributed by atoms with E-state index in [9.17, 15) is 14.5 Å². The molecule has 0 saturated heterocycles. The highest BCUT2D eigenvalue weighted by molar-refractivity contribution is 5.40. The van der Waals surface area contributed by atoms with Crippen LogP contribution >= 0.6 is 0 Å². The topological polar surface area (TPSA) is 69.2 Å². The van der Waals surface area contributed by atoms with E-state index in [1.165, 1.54) is 12.1 Å². The van der Waals surface area contributed by atoms with Gasteiger partial charge in [-0.25, -0.2) is 4.39 Å². The van der Waals surface area contributed by atoms with E-state index < -0.39 is 10.7 Å². The maximum absolute atomic E-state index is 13.7. The van der Waals surface area contributed by atoms with Crippen molar-refractivity contribution in [2.75, 3.05) is 6.54 Å². The lowest BCUT2D eigenvalue weighted by Crippen LogP contribution is -2.42. The lowest BCUT2D eigenvalue weighted by Gasteiger charge is -2.41. The Morgan fingerprint density at radius 1 is 1.50 bits per heavy atom. The third-order valence-corrected chi connectivity index (χ3v) is 3.43. The number of rotatable bonds is 3. The van der Waals surface area contributed by atoms with E-state index >= 15 is 0 Å². The molecule has 4 nitrogen and oxygen atoms in total. The van der Waals surface area contributed by atoms with Gasteiger partial charge in [-0.3, -0.25) is 10.1 Å². The van der Waals surface area contributed by atoms with Crippen molar-refractivity contribution in [3.63, 3.8) is 0 Å². The predicted molar refractivity (Wildman–Crippen MR) is 57.6 cm³/mol. The SMILES string of the molecule is NCC1(c2cc([N+](=O)[O-])ccc2F)CCC1. The van der Waals surface area contributed by atoms with Crippen LogP contribution in [0.25, 0.3) is 0 Å². The van der Waals surface area contributed by atoms with Crippen LogP contribution < -0.4 is 5.73 Å². The zero-order valence-corrected chi connectivity index (χ0v) is 8.78. The summed E-state index contributed by atoms with van der Waals surface area (Å²) in [4.78, 5) is 10.1. The lowest BCUT2D eigenvalue weighted by molar-refractivity contribution is -0.385. The summed E-state index contributed by atoms with van der Waals surface area (Å²) < 4.78 is 13.7. The van der Waals surface area contributed by atoms with Gasteiger partial charge in [0, 0.05) is 29.7 Å². The molecular formula is C11H13FN2O2. The van der Waals surface area contributed by atoms with Gasteiger partial charge >= 0.3 is 0 Å². The molecule has 16 heavy (non-hydrogen) atoms. The number of nitrogens with zero attached hydrogens (tertiary/aromatic N) is 1. The van der Waals surface area contributed by atoms with Gasteiger partial charge in [0.05, 0.1) is 4.92 Å². The molecule has 0 amide bonds. The van der Waals surface area contributed by atoms with E-state index in [0.29, 0.717) is 12.1 Å². The summed E-state index contributed by atoms with van der Waals surface area (Å²) in [7, 11) is 0. The second kappa shape index (κ2) is 3.83. The number of hydrogen-bond acceptors (Lipinski definition) is 3. The minimum Gasteiger partial charge on any atom is -0.330 e. The maximum atomic E-state index is 13.7. The third kappa shape index (κ3) is 1.57. The van der Waals surface area contributed by atoms with Crippen LogP contribution in [0.2, 0.25) is 0 Å². The first kappa shape index (κ1) is 11.0. The van der Waals surface area contributed by atoms with Crippen molar-refractivity contribution in [3.05, 3.63) is 39.7 Å². The van der Waals surface area contributed by atoms with Gasteiger partial charge in [-0.1, -0.05) is 6.42 Å². The Morgan fingerprint density at radius 2 is 2.19 bits per heavy atom. The standard InChI is InChI=1S/C11H13FN2O2/c12-10-3-2-8(14(15)16)6-9(10)11(7-13)4-1-5-11/h2-3,6H,1,4-5,7,13H2. The average Bonchev–Trinajstić information content (AvgIpc) is 2.19. The highest BCUT2D eigenvalue weighted by Crippen LogP contribution is 2.44. The fourth-order valence-corrected chi connectivity index (χ4v) is 2.22. The molecule has 2 N–H and O–H groups in total. The molecule has 0 heterocycles. The van der Waals surface area contributed by atoms with Crippen LogP contribution in [0.3, 0.4) is 0 Å². The van der Waals surface area contributed by atoms with Gasteiger partial charge < -0.3 is 5.73 Å². The Labute approximate surface area is 92.4 Å². The first-order valence-corrected chi connectivity index (χ1v) is 5.23. The number of benzene rings is 1. The molecule has 1 aromatic carbocycles. The number of hydrogen-bond donors (Lipinski definition) is 1. The first-order valence-electron chi connectivity index (χ1n) is 5.23. The van der Waals surface area contributed by atoms with Gasteiger partial charge in [-0.05, 0) is 18.9 Å². The van der Waals surface area contributed by atoms with E-state index in [2.05, 4.69) is 0 Å². The molecule has 0 bridgehead atoms. The fraction of sp³-hybridized carbons (Fsp3) is 0.455. The second-order valence-electron chi connectivity index (χ2n) is 4.26. The van der Waals surface area contributed by atoms with Gasteiger partial charge in [0.25, 0.3) is 5.69 Å². The summed E-state index contributed by atoms with van der Waals surface area (Å²) in [5, 5.41) is 10.6. The zero-order valence-electron chi connectivity index (χ0n) is 8.78. The summed E-state index contributed by atoms with van der Waals surface area (Å²) in [5.74, 6) is -0.393. The van der Waals surface area contributed by atoms with Crippen LogP contribution in [0.1, 0.15) is 24.8 Å². The molecule has 1 fully saturated rings. The zero-order chi connectivity index (χ0) is 11.8. The van der Waals surface area contributed by atoms with Crippen LogP contribution in [0, 0.1) is 15.9 Å². The van der Waals surface area contributed by atoms with Gasteiger partial charge in [0.1, 0.15) is 5.82 Å². The Kier molecular flexibility index (Phi) is 2.63. The van der Waals surface area contributed by atoms with Crippen LogP contribution in [0.5, 0.6) is 0 Å². The molecule has 0 unspecified atom stereocenters. The predicted octanol–water partition coefficient (Wildman–Crippen LogP) is 2.11. The molecule has 1 aliphatic rings. The normalized spacial score (nSPS) is 17.9. The second-order valence-corrected chi connectivity index (χ2v) is 4.26. The molecule has 1 aliphatic carbocycles. The van der Waals surface area contributed by atoms with Crippen molar-refractivity contribution in [1.82, 2.24) is 0 Å². The maximum Gasteiger partial charge on any atom is 0.269 e. The third-order valence-electron chi connectivity index (χ3n) is 3.43. The van der Waals surface area contributed by atoms with Crippen molar-refractivity contribution in [1.29, 1.82) is 0 Å². The molecular weight excluding hydrogens is 211 g/mol. The van der Waals surface area contributed by atoms with Crippen molar-refractivity contribution in [2.45, 2.75) is 24.7 Å². The Bertz CT molecular complexity index is 424. The summed E-state index contributed by atoms with van der Waals surface area (Å²) >= 11 is 0. The quantitative estimate of drug-likeness (QED) is 0.631. The summed E-state index contributed by atoms with van der Waals surface area (Å²) in [6, 6.07) is 3.66. The van der Waals surface area contributed by atoms with Crippen molar-refractivity contribution in [2.24, 2.45) is 5.73 Å². The minimum absolute atomic E-state index is 0.0730. The Morgan fingerprint density at radius 3 is 2.62 bits per heavy atom. The van der Waals surface area contributed by atoms with Crippen LogP contribution in [0.15, 0.2) is 18.2 Å². The van der Waals surface area contributed by atoms with Crippen LogP contribution in [0.4, 0.5) is 10.1 Å². The van der Waals surface area contributed by atoms with Gasteiger partial charge in [-0.15, -0.1) is 0 Å². The lowest BCUT2D eigenvalue weighted by atomic mass is 9.64. The molecule has 0 aromatic heterocycles. The van der Waals surface area contributed by atoms with Crippen LogP contribution in [-0.2, 0) is 5.41 Å². The summed E-state index contributed by atoms with van der Waals surface area (Å²) in [5.41, 5.74) is 5.61. The Hall–Kier alpha value is -1.49. The number of halogens is 1. The molecule has 0 radical (unpaired) electrons. The van der Waals surface area contributed by atoms with Gasteiger partial charge in [0.2, 0.25) is 0 Å². The monoisotopic (exact) mass is 224 g/mol. The highest BCUT2D eigenvalue weighted by Gasteiger charge is 2.40. The average molecular weight is 224 g/mol. The van der Waals surface area contributed by atoms with Gasteiger partial charge in [0.15, 0.2) is 0 Å². The number of nitrogens with two attached hydrogens (primary N) is 1. The molecule has 0 atom stereocenters. The smallest absolute Gasteiger partial charge is 0.269 e. The van der Waals surface area contributed by atoms with Crippen LogP contribution in [-0.4, -0.2) is 11.5 Å². The molecule has 1 aromatic rings. The minimum atomic E-state index is -0.508. The van der Waals surface area contributed by atoms with E-state index in [-0.39, 0.29) is 11.1 Å².